The Hall–Kier alpha value is -2.63. The second kappa shape index (κ2) is 8.39. The summed E-state index contributed by atoms with van der Waals surface area (Å²) >= 11 is 1.53. The number of likely N-dealkylation sites (N-methyl/N-ethyl adjacent to an activating group) is 1. The lowest BCUT2D eigenvalue weighted by Gasteiger charge is -2.19. The van der Waals surface area contributed by atoms with E-state index in [1.165, 1.54) is 28.2 Å². The van der Waals surface area contributed by atoms with Gasteiger partial charge in [0.05, 0.1) is 4.88 Å². The summed E-state index contributed by atoms with van der Waals surface area (Å²) in [7, 11) is 2.02. The number of amides is 1. The third-order valence-electron chi connectivity index (χ3n) is 5.71. The molecule has 2 aromatic carbocycles. The van der Waals surface area contributed by atoms with Crippen molar-refractivity contribution in [3.8, 4) is 10.4 Å². The predicted molar refractivity (Wildman–Crippen MR) is 123 cm³/mol. The first-order valence-corrected chi connectivity index (χ1v) is 10.9. The van der Waals surface area contributed by atoms with Crippen LogP contribution in [0.5, 0.6) is 0 Å². The summed E-state index contributed by atoms with van der Waals surface area (Å²) in [6, 6.07) is 19.1. The van der Waals surface area contributed by atoms with Crippen LogP contribution in [0.2, 0.25) is 0 Å². The number of hydrogen-bond donors (Lipinski definition) is 2. The Morgan fingerprint density at radius 1 is 1.03 bits per heavy atom. The van der Waals surface area contributed by atoms with Gasteiger partial charge in [-0.3, -0.25) is 4.79 Å². The van der Waals surface area contributed by atoms with Gasteiger partial charge in [-0.05, 0) is 80.4 Å². The number of nitrogens with zero attached hydrogens (tertiary/aromatic N) is 1. The van der Waals surface area contributed by atoms with Crippen LogP contribution in [0.25, 0.3) is 10.4 Å². The average Bonchev–Trinajstić information content (AvgIpc) is 3.40. The van der Waals surface area contributed by atoms with Gasteiger partial charge in [-0.1, -0.05) is 18.2 Å². The van der Waals surface area contributed by atoms with Gasteiger partial charge in [0.2, 0.25) is 0 Å². The van der Waals surface area contributed by atoms with E-state index < -0.39 is 0 Å². The van der Waals surface area contributed by atoms with E-state index in [1.807, 2.05) is 31.3 Å². The molecule has 2 heterocycles. The van der Waals surface area contributed by atoms with Crippen LogP contribution in [0.1, 0.15) is 27.2 Å². The molecule has 1 unspecified atom stereocenters. The molecule has 29 heavy (non-hydrogen) atoms. The molecular weight excluding hydrogens is 378 g/mol. The van der Waals surface area contributed by atoms with E-state index in [2.05, 4.69) is 59.7 Å². The Balaban J connectivity index is 1.42. The third-order valence-corrected chi connectivity index (χ3v) is 6.84. The van der Waals surface area contributed by atoms with E-state index in [0.29, 0.717) is 6.04 Å². The lowest BCUT2D eigenvalue weighted by molar-refractivity contribution is 0.103. The highest BCUT2D eigenvalue weighted by atomic mass is 32.1. The van der Waals surface area contributed by atoms with Gasteiger partial charge in [-0.15, -0.1) is 11.3 Å². The highest BCUT2D eigenvalue weighted by molar-refractivity contribution is 7.17. The number of hydrogen-bond acceptors (Lipinski definition) is 4. The molecule has 2 N–H and O–H groups in total. The number of carbonyl (C=O) groups excluding carboxylic acids is 1. The molecule has 150 valence electrons. The summed E-state index contributed by atoms with van der Waals surface area (Å²) in [6.45, 7) is 6.32. The van der Waals surface area contributed by atoms with E-state index in [9.17, 15) is 4.79 Å². The normalized spacial score (nSPS) is 16.2. The number of nitrogens with one attached hydrogen (secondary N) is 2. The largest absolute Gasteiger partial charge is 0.370 e. The van der Waals surface area contributed by atoms with Crippen molar-refractivity contribution in [2.45, 2.75) is 26.3 Å². The minimum atomic E-state index is -0.0609. The molecule has 1 saturated heterocycles. The second-order valence-electron chi connectivity index (χ2n) is 7.68. The van der Waals surface area contributed by atoms with Gasteiger partial charge in [0.1, 0.15) is 0 Å². The predicted octanol–water partition coefficient (Wildman–Crippen LogP) is 5.08. The zero-order chi connectivity index (χ0) is 20.4. The molecule has 4 rings (SSSR count). The van der Waals surface area contributed by atoms with Crippen LogP contribution in [-0.2, 0) is 0 Å². The fourth-order valence-electron chi connectivity index (χ4n) is 3.69. The highest BCUT2D eigenvalue weighted by Crippen LogP contribution is 2.30. The number of rotatable bonds is 5. The van der Waals surface area contributed by atoms with Gasteiger partial charge >= 0.3 is 0 Å². The number of aryl methyl sites for hydroxylation is 2. The number of benzene rings is 2. The van der Waals surface area contributed by atoms with Crippen LogP contribution >= 0.6 is 11.3 Å². The summed E-state index contributed by atoms with van der Waals surface area (Å²) in [5.41, 5.74) is 5.73. The maximum atomic E-state index is 12.7. The van der Waals surface area contributed by atoms with Crippen molar-refractivity contribution >= 4 is 28.6 Å². The quantitative estimate of drug-likeness (QED) is 0.622. The lowest BCUT2D eigenvalue weighted by Crippen LogP contribution is -2.29. The van der Waals surface area contributed by atoms with Crippen molar-refractivity contribution < 1.29 is 4.79 Å². The van der Waals surface area contributed by atoms with Crippen molar-refractivity contribution in [1.29, 1.82) is 0 Å². The van der Waals surface area contributed by atoms with Crippen LogP contribution in [0.4, 0.5) is 11.4 Å². The molecule has 0 spiro atoms. The Morgan fingerprint density at radius 2 is 1.83 bits per heavy atom. The van der Waals surface area contributed by atoms with Crippen LogP contribution in [-0.4, -0.2) is 32.1 Å². The Morgan fingerprint density at radius 3 is 2.52 bits per heavy atom. The molecule has 1 atom stereocenters. The van der Waals surface area contributed by atoms with Crippen LogP contribution in [0, 0.1) is 13.8 Å². The van der Waals surface area contributed by atoms with Crippen LogP contribution in [0.15, 0.2) is 54.6 Å². The molecular formula is C24H27N3OS. The highest BCUT2D eigenvalue weighted by Gasteiger charge is 2.21. The summed E-state index contributed by atoms with van der Waals surface area (Å²) in [5, 5.41) is 6.36. The summed E-state index contributed by atoms with van der Waals surface area (Å²) in [5.74, 6) is -0.0609. The number of anilines is 2. The SMILES string of the molecule is CNC1CCN(c2ccc(NC(=O)c3ccc(-c4ccc(C)c(C)c4)s3)cc2)C1. The van der Waals surface area contributed by atoms with E-state index in [-0.39, 0.29) is 5.91 Å². The number of carbonyl (C=O) groups is 1. The molecule has 1 amide bonds. The molecule has 5 heteroatoms. The first-order chi connectivity index (χ1) is 14.0. The monoisotopic (exact) mass is 405 g/mol. The Kier molecular flexibility index (Phi) is 5.69. The Bertz CT molecular complexity index is 1010. The average molecular weight is 406 g/mol. The van der Waals surface area contributed by atoms with E-state index in [0.717, 1.165) is 40.5 Å². The van der Waals surface area contributed by atoms with Crippen molar-refractivity contribution in [2.75, 3.05) is 30.4 Å². The minimum absolute atomic E-state index is 0.0609. The molecule has 1 aliphatic heterocycles. The lowest BCUT2D eigenvalue weighted by atomic mass is 10.1. The topological polar surface area (TPSA) is 44.4 Å². The molecule has 0 radical (unpaired) electrons. The van der Waals surface area contributed by atoms with Crippen LogP contribution < -0.4 is 15.5 Å². The molecule has 1 aromatic heterocycles. The van der Waals surface area contributed by atoms with Crippen LogP contribution in [0.3, 0.4) is 0 Å². The van der Waals surface area contributed by atoms with Crippen molar-refractivity contribution in [1.82, 2.24) is 5.32 Å². The summed E-state index contributed by atoms with van der Waals surface area (Å²) < 4.78 is 0. The molecule has 4 nitrogen and oxygen atoms in total. The van der Waals surface area contributed by atoms with Gasteiger partial charge in [-0.25, -0.2) is 0 Å². The van der Waals surface area contributed by atoms with Gasteiger partial charge in [0, 0.05) is 35.4 Å². The number of thiophene rings is 1. The first kappa shape index (κ1) is 19.7. The maximum Gasteiger partial charge on any atom is 0.265 e. The zero-order valence-electron chi connectivity index (χ0n) is 17.2. The summed E-state index contributed by atoms with van der Waals surface area (Å²) in [4.78, 5) is 16.9. The molecule has 0 bridgehead atoms. The van der Waals surface area contributed by atoms with Crippen molar-refractivity contribution in [3.05, 3.63) is 70.6 Å². The van der Waals surface area contributed by atoms with Gasteiger partial charge in [-0.2, -0.15) is 0 Å². The minimum Gasteiger partial charge on any atom is -0.370 e. The fraction of sp³-hybridized carbons (Fsp3) is 0.292. The van der Waals surface area contributed by atoms with E-state index >= 15 is 0 Å². The molecule has 0 saturated carbocycles. The van der Waals surface area contributed by atoms with Crippen molar-refractivity contribution in [3.63, 3.8) is 0 Å². The van der Waals surface area contributed by atoms with Crippen molar-refractivity contribution in [2.24, 2.45) is 0 Å². The van der Waals surface area contributed by atoms with E-state index in [1.54, 1.807) is 0 Å². The maximum absolute atomic E-state index is 12.7. The molecule has 1 fully saturated rings. The third kappa shape index (κ3) is 4.36. The Labute approximate surface area is 176 Å². The van der Waals surface area contributed by atoms with Gasteiger partial charge in [0.15, 0.2) is 0 Å². The summed E-state index contributed by atoms with van der Waals surface area (Å²) in [6.07, 6.45) is 1.16. The van der Waals surface area contributed by atoms with E-state index in [4.69, 9.17) is 0 Å². The smallest absolute Gasteiger partial charge is 0.265 e. The van der Waals surface area contributed by atoms with Gasteiger partial charge < -0.3 is 15.5 Å². The van der Waals surface area contributed by atoms with Gasteiger partial charge in [0.25, 0.3) is 5.91 Å². The fourth-order valence-corrected chi connectivity index (χ4v) is 4.59. The standard InChI is InChI=1S/C24H27N3OS/c1-16-4-5-18(14-17(16)2)22-10-11-23(29-22)24(28)26-19-6-8-21(9-7-19)27-13-12-20(15-27)25-3/h4-11,14,20,25H,12-13,15H2,1-3H3,(H,26,28). The molecule has 0 aliphatic carbocycles. The second-order valence-corrected chi connectivity index (χ2v) is 8.77. The molecule has 1 aliphatic rings. The zero-order valence-corrected chi connectivity index (χ0v) is 18.0. The molecule has 3 aromatic rings. The first-order valence-electron chi connectivity index (χ1n) is 10.0.